The number of rotatable bonds is 3. The number of carbonyl (C=O) groups excluding carboxylic acids is 2. The maximum absolute atomic E-state index is 11.5. The van der Waals surface area contributed by atoms with Gasteiger partial charge in [-0.25, -0.2) is 4.79 Å². The van der Waals surface area contributed by atoms with Crippen LogP contribution in [0.5, 0.6) is 0 Å². The standard InChI is InChI=1S/C12H14N2O3/c1-17-12(16)10-7-13-4-2-8(10)6-9-3-5-14-11(9)15/h2,4,7,9H,3,5-6H2,1H3,(H,14,15). The van der Waals surface area contributed by atoms with Gasteiger partial charge in [0.25, 0.3) is 0 Å². The molecular weight excluding hydrogens is 220 g/mol. The molecule has 1 aromatic rings. The van der Waals surface area contributed by atoms with E-state index in [1.54, 1.807) is 12.3 Å². The lowest BCUT2D eigenvalue weighted by atomic mass is 9.96. The van der Waals surface area contributed by atoms with E-state index >= 15 is 0 Å². The fourth-order valence-corrected chi connectivity index (χ4v) is 2.00. The Balaban J connectivity index is 2.20. The summed E-state index contributed by atoms with van der Waals surface area (Å²) in [6, 6.07) is 1.76. The molecular formula is C12H14N2O3. The van der Waals surface area contributed by atoms with Crippen LogP contribution in [-0.2, 0) is 16.0 Å². The minimum absolute atomic E-state index is 0.0534. The van der Waals surface area contributed by atoms with Crippen molar-refractivity contribution in [3.63, 3.8) is 0 Å². The first-order chi connectivity index (χ1) is 8.22. The predicted octanol–water partition coefficient (Wildman–Crippen LogP) is 0.547. The maximum atomic E-state index is 11.5. The Labute approximate surface area is 99.2 Å². The van der Waals surface area contributed by atoms with Crippen molar-refractivity contribution in [3.8, 4) is 0 Å². The summed E-state index contributed by atoms with van der Waals surface area (Å²) in [7, 11) is 1.33. The lowest BCUT2D eigenvalue weighted by Gasteiger charge is -2.10. The first-order valence-corrected chi connectivity index (χ1v) is 5.51. The average molecular weight is 234 g/mol. The van der Waals surface area contributed by atoms with Crippen molar-refractivity contribution >= 4 is 11.9 Å². The third kappa shape index (κ3) is 2.43. The van der Waals surface area contributed by atoms with Crippen molar-refractivity contribution < 1.29 is 14.3 Å². The summed E-state index contributed by atoms with van der Waals surface area (Å²) in [6.07, 6.45) is 4.46. The van der Waals surface area contributed by atoms with Crippen molar-refractivity contribution in [2.24, 2.45) is 5.92 Å². The zero-order chi connectivity index (χ0) is 12.3. The van der Waals surface area contributed by atoms with Gasteiger partial charge in [0, 0.05) is 24.9 Å². The second-order valence-corrected chi connectivity index (χ2v) is 4.01. The van der Waals surface area contributed by atoms with Gasteiger partial charge in [-0.2, -0.15) is 0 Å². The van der Waals surface area contributed by atoms with E-state index in [9.17, 15) is 9.59 Å². The highest BCUT2D eigenvalue weighted by Crippen LogP contribution is 2.19. The molecule has 1 aliphatic heterocycles. The molecule has 0 spiro atoms. The lowest BCUT2D eigenvalue weighted by Crippen LogP contribution is -2.21. The molecule has 2 rings (SSSR count). The molecule has 1 unspecified atom stereocenters. The van der Waals surface area contributed by atoms with Crippen LogP contribution in [0.4, 0.5) is 0 Å². The Morgan fingerprint density at radius 3 is 3.12 bits per heavy atom. The van der Waals surface area contributed by atoms with E-state index in [1.807, 2.05) is 0 Å². The topological polar surface area (TPSA) is 68.3 Å². The summed E-state index contributed by atoms with van der Waals surface area (Å²) in [5.74, 6) is -0.412. The van der Waals surface area contributed by atoms with Crippen molar-refractivity contribution in [1.82, 2.24) is 10.3 Å². The second-order valence-electron chi connectivity index (χ2n) is 4.01. The number of hydrogen-bond donors (Lipinski definition) is 1. The number of carbonyl (C=O) groups is 2. The Bertz CT molecular complexity index is 445. The minimum Gasteiger partial charge on any atom is -0.465 e. The average Bonchev–Trinajstić information content (AvgIpc) is 2.75. The number of aromatic nitrogens is 1. The van der Waals surface area contributed by atoms with Gasteiger partial charge in [-0.1, -0.05) is 0 Å². The number of nitrogens with zero attached hydrogens (tertiary/aromatic N) is 1. The zero-order valence-electron chi connectivity index (χ0n) is 9.60. The largest absolute Gasteiger partial charge is 0.465 e. The molecule has 5 heteroatoms. The van der Waals surface area contributed by atoms with Crippen LogP contribution in [0.15, 0.2) is 18.5 Å². The molecule has 0 aliphatic carbocycles. The minimum atomic E-state index is -0.411. The lowest BCUT2D eigenvalue weighted by molar-refractivity contribution is -0.122. The highest BCUT2D eigenvalue weighted by atomic mass is 16.5. The van der Waals surface area contributed by atoms with Gasteiger partial charge < -0.3 is 10.1 Å². The normalized spacial score (nSPS) is 18.9. The monoisotopic (exact) mass is 234 g/mol. The fourth-order valence-electron chi connectivity index (χ4n) is 2.00. The van der Waals surface area contributed by atoms with Gasteiger partial charge >= 0.3 is 5.97 Å². The molecule has 5 nitrogen and oxygen atoms in total. The van der Waals surface area contributed by atoms with Crippen LogP contribution >= 0.6 is 0 Å². The van der Waals surface area contributed by atoms with E-state index in [-0.39, 0.29) is 11.8 Å². The zero-order valence-corrected chi connectivity index (χ0v) is 9.60. The van der Waals surface area contributed by atoms with Crippen LogP contribution in [0.3, 0.4) is 0 Å². The molecule has 1 atom stereocenters. The summed E-state index contributed by atoms with van der Waals surface area (Å²) in [5, 5.41) is 2.78. The summed E-state index contributed by atoms with van der Waals surface area (Å²) >= 11 is 0. The van der Waals surface area contributed by atoms with Gasteiger partial charge in [0.1, 0.15) is 0 Å². The van der Waals surface area contributed by atoms with Crippen LogP contribution in [0.25, 0.3) is 0 Å². The molecule has 0 radical (unpaired) electrons. The summed E-state index contributed by atoms with van der Waals surface area (Å²) in [5.41, 5.74) is 1.25. The number of hydrogen-bond acceptors (Lipinski definition) is 4. The third-order valence-electron chi connectivity index (χ3n) is 2.95. The summed E-state index contributed by atoms with van der Waals surface area (Å²) in [6.45, 7) is 0.710. The third-order valence-corrected chi connectivity index (χ3v) is 2.95. The smallest absolute Gasteiger partial charge is 0.339 e. The van der Waals surface area contributed by atoms with E-state index in [0.29, 0.717) is 18.5 Å². The molecule has 1 amide bonds. The molecule has 1 aromatic heterocycles. The molecule has 0 aromatic carbocycles. The number of esters is 1. The second kappa shape index (κ2) is 4.95. The number of ether oxygens (including phenoxy) is 1. The Morgan fingerprint density at radius 1 is 1.65 bits per heavy atom. The Morgan fingerprint density at radius 2 is 2.47 bits per heavy atom. The van der Waals surface area contributed by atoms with Crippen molar-refractivity contribution in [2.45, 2.75) is 12.8 Å². The Hall–Kier alpha value is -1.91. The van der Waals surface area contributed by atoms with Crippen molar-refractivity contribution in [2.75, 3.05) is 13.7 Å². The number of amides is 1. The molecule has 2 heterocycles. The van der Waals surface area contributed by atoms with Gasteiger partial charge in [-0.15, -0.1) is 0 Å². The summed E-state index contributed by atoms with van der Waals surface area (Å²) in [4.78, 5) is 26.9. The van der Waals surface area contributed by atoms with E-state index in [4.69, 9.17) is 0 Å². The first kappa shape index (κ1) is 11.6. The van der Waals surface area contributed by atoms with Gasteiger partial charge in [-0.05, 0) is 24.5 Å². The van der Waals surface area contributed by atoms with Gasteiger partial charge in [0.05, 0.1) is 12.7 Å². The molecule has 0 saturated carbocycles. The molecule has 0 bridgehead atoms. The van der Waals surface area contributed by atoms with E-state index in [0.717, 1.165) is 12.0 Å². The number of methoxy groups -OCH3 is 1. The highest BCUT2D eigenvalue weighted by Gasteiger charge is 2.26. The van der Waals surface area contributed by atoms with Gasteiger partial charge in [0.15, 0.2) is 0 Å². The van der Waals surface area contributed by atoms with Crippen molar-refractivity contribution in [3.05, 3.63) is 29.6 Å². The van der Waals surface area contributed by atoms with E-state index in [2.05, 4.69) is 15.0 Å². The van der Waals surface area contributed by atoms with Crippen molar-refractivity contribution in [1.29, 1.82) is 0 Å². The molecule has 1 N–H and O–H groups in total. The highest BCUT2D eigenvalue weighted by molar-refractivity contribution is 5.91. The maximum Gasteiger partial charge on any atom is 0.339 e. The van der Waals surface area contributed by atoms with Gasteiger partial charge in [-0.3, -0.25) is 9.78 Å². The fraction of sp³-hybridized carbons (Fsp3) is 0.417. The van der Waals surface area contributed by atoms with Crippen LogP contribution in [-0.4, -0.2) is 30.5 Å². The van der Waals surface area contributed by atoms with Gasteiger partial charge in [0.2, 0.25) is 5.91 Å². The predicted molar refractivity (Wildman–Crippen MR) is 60.4 cm³/mol. The van der Waals surface area contributed by atoms with Crippen LogP contribution in [0, 0.1) is 5.92 Å². The number of nitrogens with one attached hydrogen (secondary N) is 1. The molecule has 1 fully saturated rings. The summed E-state index contributed by atoms with van der Waals surface area (Å²) < 4.78 is 4.69. The Kier molecular flexibility index (Phi) is 3.37. The molecule has 1 aliphatic rings. The SMILES string of the molecule is COC(=O)c1cnccc1CC1CCNC1=O. The molecule has 1 saturated heterocycles. The van der Waals surface area contributed by atoms with Crippen LogP contribution < -0.4 is 5.32 Å². The van der Waals surface area contributed by atoms with Crippen LogP contribution in [0.2, 0.25) is 0 Å². The first-order valence-electron chi connectivity index (χ1n) is 5.51. The van der Waals surface area contributed by atoms with E-state index < -0.39 is 5.97 Å². The molecule has 90 valence electrons. The van der Waals surface area contributed by atoms with Crippen LogP contribution in [0.1, 0.15) is 22.3 Å². The van der Waals surface area contributed by atoms with E-state index in [1.165, 1.54) is 13.3 Å². The molecule has 17 heavy (non-hydrogen) atoms. The number of pyridine rings is 1. The quantitative estimate of drug-likeness (QED) is 0.775.